The van der Waals surface area contributed by atoms with Crippen molar-refractivity contribution in [1.29, 1.82) is 0 Å². The van der Waals surface area contributed by atoms with Gasteiger partial charge >= 0.3 is 0 Å². The minimum atomic E-state index is -0.278. The molecule has 3 fully saturated rings. The molecule has 2 amide bonds. The Balaban J connectivity index is 1.59. The molecule has 0 spiro atoms. The van der Waals surface area contributed by atoms with Crippen molar-refractivity contribution in [3.63, 3.8) is 0 Å². The highest BCUT2D eigenvalue weighted by Crippen LogP contribution is 2.43. The second-order valence-electron chi connectivity index (χ2n) is 6.69. The molecule has 3 aliphatic rings. The number of benzene rings is 1. The van der Waals surface area contributed by atoms with Crippen LogP contribution >= 0.6 is 0 Å². The Morgan fingerprint density at radius 1 is 1.04 bits per heavy atom. The molecule has 1 aliphatic carbocycles. The molecular formula is C18H22N2O3. The number of fused-ring (bicyclic) bond motifs is 2. The zero-order valence-electron chi connectivity index (χ0n) is 13.2. The van der Waals surface area contributed by atoms with Crippen molar-refractivity contribution in [2.75, 3.05) is 26.3 Å². The molecule has 4 rings (SSSR count). The molecule has 0 aromatic heterocycles. The van der Waals surface area contributed by atoms with Gasteiger partial charge in [0.1, 0.15) is 6.04 Å². The van der Waals surface area contributed by atoms with Crippen molar-refractivity contribution in [1.82, 2.24) is 9.80 Å². The summed E-state index contributed by atoms with van der Waals surface area (Å²) in [6.07, 6.45) is 3.05. The first kappa shape index (κ1) is 14.7. The first-order valence-corrected chi connectivity index (χ1v) is 8.50. The van der Waals surface area contributed by atoms with Crippen LogP contribution < -0.4 is 0 Å². The molecule has 3 atom stereocenters. The topological polar surface area (TPSA) is 49.9 Å². The van der Waals surface area contributed by atoms with Gasteiger partial charge in [0.25, 0.3) is 5.91 Å². The van der Waals surface area contributed by atoms with E-state index >= 15 is 0 Å². The Kier molecular flexibility index (Phi) is 3.81. The first-order valence-electron chi connectivity index (χ1n) is 8.50. The molecule has 0 unspecified atom stereocenters. The lowest BCUT2D eigenvalue weighted by Gasteiger charge is -2.38. The fourth-order valence-corrected chi connectivity index (χ4v) is 4.30. The third kappa shape index (κ3) is 2.53. The number of carbonyl (C=O) groups excluding carboxylic acids is 2. The lowest BCUT2D eigenvalue weighted by atomic mass is 9.96. The maximum atomic E-state index is 13.0. The molecule has 1 saturated carbocycles. The van der Waals surface area contributed by atoms with Gasteiger partial charge in [-0.15, -0.1) is 0 Å². The molecule has 5 heteroatoms. The fourth-order valence-electron chi connectivity index (χ4n) is 4.30. The Hall–Kier alpha value is -1.88. The van der Waals surface area contributed by atoms with Crippen molar-refractivity contribution < 1.29 is 14.3 Å². The van der Waals surface area contributed by atoms with E-state index in [9.17, 15) is 9.59 Å². The summed E-state index contributed by atoms with van der Waals surface area (Å²) in [4.78, 5) is 29.7. The minimum absolute atomic E-state index is 0.00408. The van der Waals surface area contributed by atoms with Crippen LogP contribution in [0.25, 0.3) is 0 Å². The molecule has 2 heterocycles. The highest BCUT2D eigenvalue weighted by Gasteiger charge is 2.52. The normalized spacial score (nSPS) is 29.8. The van der Waals surface area contributed by atoms with Gasteiger partial charge in [0.05, 0.1) is 13.2 Å². The van der Waals surface area contributed by atoms with E-state index in [4.69, 9.17) is 4.74 Å². The molecule has 2 saturated heterocycles. The number of nitrogens with zero attached hydrogens (tertiary/aromatic N) is 2. The van der Waals surface area contributed by atoms with Crippen LogP contribution in [0, 0.1) is 5.92 Å². The van der Waals surface area contributed by atoms with Crippen molar-refractivity contribution >= 4 is 11.8 Å². The summed E-state index contributed by atoms with van der Waals surface area (Å²) in [5.41, 5.74) is 0.680. The second-order valence-corrected chi connectivity index (χ2v) is 6.69. The lowest BCUT2D eigenvalue weighted by Crippen LogP contribution is -2.55. The van der Waals surface area contributed by atoms with Gasteiger partial charge in [0, 0.05) is 24.7 Å². The summed E-state index contributed by atoms with van der Waals surface area (Å²) >= 11 is 0. The van der Waals surface area contributed by atoms with E-state index in [-0.39, 0.29) is 23.9 Å². The van der Waals surface area contributed by atoms with Gasteiger partial charge in [0.15, 0.2) is 0 Å². The summed E-state index contributed by atoms with van der Waals surface area (Å²) in [7, 11) is 0. The number of carbonyl (C=O) groups is 2. The van der Waals surface area contributed by atoms with E-state index in [1.165, 1.54) is 0 Å². The van der Waals surface area contributed by atoms with Crippen LogP contribution in [-0.4, -0.2) is 60.0 Å². The van der Waals surface area contributed by atoms with E-state index in [0.29, 0.717) is 37.8 Å². The van der Waals surface area contributed by atoms with Crippen LogP contribution in [0.2, 0.25) is 0 Å². The van der Waals surface area contributed by atoms with Crippen molar-refractivity contribution in [2.24, 2.45) is 5.92 Å². The van der Waals surface area contributed by atoms with Crippen molar-refractivity contribution in [2.45, 2.75) is 31.3 Å². The van der Waals surface area contributed by atoms with E-state index in [2.05, 4.69) is 0 Å². The van der Waals surface area contributed by atoms with E-state index in [0.717, 1.165) is 19.3 Å². The highest BCUT2D eigenvalue weighted by molar-refractivity contribution is 5.98. The van der Waals surface area contributed by atoms with Gasteiger partial charge < -0.3 is 14.5 Å². The third-order valence-corrected chi connectivity index (χ3v) is 5.42. The molecular weight excluding hydrogens is 292 g/mol. The lowest BCUT2D eigenvalue weighted by molar-refractivity contribution is -0.141. The second kappa shape index (κ2) is 5.96. The van der Waals surface area contributed by atoms with Gasteiger partial charge in [-0.1, -0.05) is 18.2 Å². The largest absolute Gasteiger partial charge is 0.378 e. The molecule has 23 heavy (non-hydrogen) atoms. The molecule has 5 nitrogen and oxygen atoms in total. The summed E-state index contributed by atoms with van der Waals surface area (Å²) in [5.74, 6) is 0.442. The average molecular weight is 314 g/mol. The number of piperidine rings is 1. The maximum absolute atomic E-state index is 13.0. The van der Waals surface area contributed by atoms with Crippen LogP contribution in [0.4, 0.5) is 0 Å². The van der Waals surface area contributed by atoms with Gasteiger partial charge in [0.2, 0.25) is 5.91 Å². The highest BCUT2D eigenvalue weighted by atomic mass is 16.5. The standard InChI is InChI=1S/C18H22N2O3/c21-17(13-4-2-1-3-5-13)20-15-7-6-14(12-15)16(20)18(22)19-8-10-23-11-9-19/h1-5,14-16H,6-12H2/t14-,15-,16+/m0/s1. The fraction of sp³-hybridized carbons (Fsp3) is 0.556. The molecule has 2 aliphatic heterocycles. The van der Waals surface area contributed by atoms with Crippen LogP contribution in [0.15, 0.2) is 30.3 Å². The molecule has 2 bridgehead atoms. The number of morpholine rings is 1. The van der Waals surface area contributed by atoms with Gasteiger partial charge in [-0.3, -0.25) is 9.59 Å². The first-order chi connectivity index (χ1) is 11.3. The van der Waals surface area contributed by atoms with Crippen LogP contribution in [0.5, 0.6) is 0 Å². The Bertz CT molecular complexity index is 598. The molecule has 0 radical (unpaired) electrons. The number of hydrogen-bond donors (Lipinski definition) is 0. The summed E-state index contributed by atoms with van der Waals surface area (Å²) < 4.78 is 5.34. The van der Waals surface area contributed by atoms with Crippen molar-refractivity contribution in [3.05, 3.63) is 35.9 Å². The number of ether oxygens (including phenoxy) is 1. The smallest absolute Gasteiger partial charge is 0.254 e. The number of hydrogen-bond acceptors (Lipinski definition) is 3. The number of amides is 2. The minimum Gasteiger partial charge on any atom is -0.378 e. The van der Waals surface area contributed by atoms with Crippen LogP contribution in [0.3, 0.4) is 0 Å². The predicted molar refractivity (Wildman–Crippen MR) is 84.9 cm³/mol. The third-order valence-electron chi connectivity index (χ3n) is 5.42. The monoisotopic (exact) mass is 314 g/mol. The molecule has 1 aromatic carbocycles. The zero-order valence-corrected chi connectivity index (χ0v) is 13.2. The number of likely N-dealkylation sites (tertiary alicyclic amines) is 1. The SMILES string of the molecule is O=C([C@H]1[C@H]2CC[C@@H](C2)N1C(=O)c1ccccc1)N1CCOCC1. The maximum Gasteiger partial charge on any atom is 0.254 e. The summed E-state index contributed by atoms with van der Waals surface area (Å²) in [6.45, 7) is 2.47. The van der Waals surface area contributed by atoms with Gasteiger partial charge in [-0.25, -0.2) is 0 Å². The Morgan fingerprint density at radius 2 is 1.78 bits per heavy atom. The summed E-state index contributed by atoms with van der Waals surface area (Å²) in [6, 6.07) is 9.28. The van der Waals surface area contributed by atoms with E-state index in [1.54, 1.807) is 0 Å². The van der Waals surface area contributed by atoms with Crippen LogP contribution in [-0.2, 0) is 9.53 Å². The average Bonchev–Trinajstić information content (AvgIpc) is 3.23. The Morgan fingerprint density at radius 3 is 2.52 bits per heavy atom. The zero-order chi connectivity index (χ0) is 15.8. The predicted octanol–water partition coefficient (Wildman–Crippen LogP) is 1.54. The van der Waals surface area contributed by atoms with E-state index < -0.39 is 0 Å². The van der Waals surface area contributed by atoms with Crippen LogP contribution in [0.1, 0.15) is 29.6 Å². The molecule has 1 aromatic rings. The van der Waals surface area contributed by atoms with Gasteiger partial charge in [-0.2, -0.15) is 0 Å². The van der Waals surface area contributed by atoms with E-state index in [1.807, 2.05) is 40.1 Å². The molecule has 122 valence electrons. The van der Waals surface area contributed by atoms with Crippen molar-refractivity contribution in [3.8, 4) is 0 Å². The van der Waals surface area contributed by atoms with Gasteiger partial charge in [-0.05, 0) is 37.3 Å². The Labute approximate surface area is 136 Å². The molecule has 0 N–H and O–H groups in total. The number of rotatable bonds is 2. The quantitative estimate of drug-likeness (QED) is 0.832. The summed E-state index contributed by atoms with van der Waals surface area (Å²) in [5, 5.41) is 0.